The van der Waals surface area contributed by atoms with Gasteiger partial charge in [0.05, 0.1) is 62.7 Å². The van der Waals surface area contributed by atoms with E-state index < -0.39 is 0 Å². The Morgan fingerprint density at radius 3 is 1.50 bits per heavy atom. The number of para-hydroxylation sites is 3. The average molecular weight is 636 g/mol. The van der Waals surface area contributed by atoms with E-state index in [1.807, 2.05) is 91.0 Å². The molecule has 0 atom stereocenters. The van der Waals surface area contributed by atoms with Gasteiger partial charge in [-0.05, 0) is 95.6 Å². The molecular weight excluding hydrogens is 611 g/mol. The molecule has 0 spiro atoms. The SMILES string of the molecule is N#Cc1ccc(-c2ccccc2-n2c3ccccc3c3cc(C#N)ccc32)c(-c2ccc(-n3c4ccccc4c4cc(C#N)ccc43)cc2)c1. The van der Waals surface area contributed by atoms with Crippen molar-refractivity contribution < 1.29 is 0 Å². The fourth-order valence-electron chi connectivity index (χ4n) is 7.40. The van der Waals surface area contributed by atoms with Gasteiger partial charge in [0.15, 0.2) is 0 Å². The van der Waals surface area contributed by atoms with Crippen LogP contribution in [0.1, 0.15) is 16.7 Å². The molecule has 0 fully saturated rings. The lowest BCUT2D eigenvalue weighted by atomic mass is 9.92. The number of aromatic nitrogens is 2. The van der Waals surface area contributed by atoms with Crippen LogP contribution in [0.2, 0.25) is 0 Å². The summed E-state index contributed by atoms with van der Waals surface area (Å²) in [5, 5.41) is 33.4. The Morgan fingerprint density at radius 2 is 0.860 bits per heavy atom. The predicted octanol–water partition coefficient (Wildman–Crippen LogP) is 10.8. The molecule has 0 aliphatic heterocycles. The molecule has 0 aliphatic rings. The summed E-state index contributed by atoms with van der Waals surface area (Å²) in [5.41, 5.74) is 12.0. The smallest absolute Gasteiger partial charge is 0.0991 e. The molecule has 0 bridgehead atoms. The summed E-state index contributed by atoms with van der Waals surface area (Å²) in [6.45, 7) is 0. The number of rotatable bonds is 4. The Hall–Kier alpha value is -7.39. The van der Waals surface area contributed by atoms with E-state index in [2.05, 4.69) is 88.0 Å². The van der Waals surface area contributed by atoms with Crippen LogP contribution in [0.5, 0.6) is 0 Å². The van der Waals surface area contributed by atoms with Crippen molar-refractivity contribution in [2.75, 3.05) is 0 Å². The lowest BCUT2D eigenvalue weighted by Crippen LogP contribution is -1.98. The van der Waals surface area contributed by atoms with Crippen molar-refractivity contribution in [2.24, 2.45) is 0 Å². The first-order valence-electron chi connectivity index (χ1n) is 16.3. The van der Waals surface area contributed by atoms with E-state index in [-0.39, 0.29) is 0 Å². The second-order valence-electron chi connectivity index (χ2n) is 12.3. The molecule has 0 radical (unpaired) electrons. The molecule has 0 unspecified atom stereocenters. The molecule has 9 rings (SSSR count). The van der Waals surface area contributed by atoms with E-state index in [4.69, 9.17) is 0 Å². The van der Waals surface area contributed by atoms with Crippen LogP contribution in [0.3, 0.4) is 0 Å². The maximum absolute atomic E-state index is 9.96. The number of nitrogens with zero attached hydrogens (tertiary/aromatic N) is 5. The number of hydrogen-bond acceptors (Lipinski definition) is 3. The fraction of sp³-hybridized carbons (Fsp3) is 0. The summed E-state index contributed by atoms with van der Waals surface area (Å²) in [5.74, 6) is 0. The Morgan fingerprint density at radius 1 is 0.360 bits per heavy atom. The van der Waals surface area contributed by atoms with Crippen LogP contribution in [0, 0.1) is 34.0 Å². The third kappa shape index (κ3) is 4.38. The van der Waals surface area contributed by atoms with Gasteiger partial charge in [0, 0.05) is 32.8 Å². The van der Waals surface area contributed by atoms with Gasteiger partial charge in [0.25, 0.3) is 0 Å². The van der Waals surface area contributed by atoms with Crippen LogP contribution < -0.4 is 0 Å². The maximum Gasteiger partial charge on any atom is 0.0991 e. The largest absolute Gasteiger partial charge is 0.309 e. The lowest BCUT2D eigenvalue weighted by Gasteiger charge is -2.17. The van der Waals surface area contributed by atoms with E-state index in [0.717, 1.165) is 77.2 Å². The Balaban J connectivity index is 1.23. The molecule has 5 heteroatoms. The van der Waals surface area contributed by atoms with Crippen LogP contribution in [-0.4, -0.2) is 9.13 Å². The molecular formula is C45H25N5. The third-order valence-electron chi connectivity index (χ3n) is 9.62. The minimum absolute atomic E-state index is 0.585. The van der Waals surface area contributed by atoms with E-state index in [0.29, 0.717) is 16.7 Å². The number of nitriles is 3. The van der Waals surface area contributed by atoms with Crippen molar-refractivity contribution in [3.8, 4) is 51.8 Å². The average Bonchev–Trinajstić information content (AvgIpc) is 3.69. The molecule has 2 heterocycles. The number of benzene rings is 7. The highest BCUT2D eigenvalue weighted by Crippen LogP contribution is 2.41. The van der Waals surface area contributed by atoms with Gasteiger partial charge < -0.3 is 9.13 Å². The highest BCUT2D eigenvalue weighted by atomic mass is 15.0. The normalized spacial score (nSPS) is 11.1. The summed E-state index contributed by atoms with van der Waals surface area (Å²) in [6.07, 6.45) is 0. The summed E-state index contributed by atoms with van der Waals surface area (Å²) >= 11 is 0. The highest BCUT2D eigenvalue weighted by molar-refractivity contribution is 6.11. The van der Waals surface area contributed by atoms with Crippen LogP contribution >= 0.6 is 0 Å². The Labute approximate surface area is 287 Å². The van der Waals surface area contributed by atoms with Gasteiger partial charge in [-0.25, -0.2) is 0 Å². The second kappa shape index (κ2) is 11.4. The van der Waals surface area contributed by atoms with Crippen LogP contribution in [0.4, 0.5) is 0 Å². The van der Waals surface area contributed by atoms with E-state index >= 15 is 0 Å². The van der Waals surface area contributed by atoms with Crippen molar-refractivity contribution in [1.82, 2.24) is 9.13 Å². The zero-order chi connectivity index (χ0) is 33.8. The van der Waals surface area contributed by atoms with Gasteiger partial charge in [-0.15, -0.1) is 0 Å². The highest BCUT2D eigenvalue weighted by Gasteiger charge is 2.19. The van der Waals surface area contributed by atoms with Gasteiger partial charge in [-0.1, -0.05) is 72.8 Å². The first-order chi connectivity index (χ1) is 24.7. The van der Waals surface area contributed by atoms with Crippen LogP contribution in [0.15, 0.2) is 152 Å². The van der Waals surface area contributed by atoms with Crippen LogP contribution in [-0.2, 0) is 0 Å². The molecule has 2 aromatic heterocycles. The minimum Gasteiger partial charge on any atom is -0.309 e. The zero-order valence-corrected chi connectivity index (χ0v) is 26.7. The molecule has 9 aromatic rings. The molecule has 50 heavy (non-hydrogen) atoms. The number of hydrogen-bond donors (Lipinski definition) is 0. The van der Waals surface area contributed by atoms with E-state index in [9.17, 15) is 15.8 Å². The van der Waals surface area contributed by atoms with Gasteiger partial charge in [0.2, 0.25) is 0 Å². The molecule has 0 aliphatic carbocycles. The van der Waals surface area contributed by atoms with Gasteiger partial charge in [-0.2, -0.15) is 15.8 Å². The van der Waals surface area contributed by atoms with E-state index in [1.165, 1.54) is 0 Å². The zero-order valence-electron chi connectivity index (χ0n) is 26.7. The Kier molecular flexibility index (Phi) is 6.56. The summed E-state index contributed by atoms with van der Waals surface area (Å²) < 4.78 is 4.50. The van der Waals surface area contributed by atoms with Crippen molar-refractivity contribution in [3.05, 3.63) is 168 Å². The first kappa shape index (κ1) is 28.8. The molecule has 0 N–H and O–H groups in total. The molecule has 230 valence electrons. The van der Waals surface area contributed by atoms with Gasteiger partial charge >= 0.3 is 0 Å². The standard InChI is InChI=1S/C45H25N5/c46-26-29-13-20-34(35-7-1-5-11-42(35)50-43-12-6-3-9-37(43)40-25-31(28-48)15-22-45(40)50)38(23-29)32-16-18-33(19-17-32)49-41-10-4-2-8-36(41)39-24-30(27-47)14-21-44(39)49/h1-25H. The van der Waals surface area contributed by atoms with Crippen molar-refractivity contribution in [1.29, 1.82) is 15.8 Å². The molecule has 0 saturated heterocycles. The summed E-state index contributed by atoms with van der Waals surface area (Å²) in [7, 11) is 0. The van der Waals surface area contributed by atoms with Crippen molar-refractivity contribution in [2.45, 2.75) is 0 Å². The van der Waals surface area contributed by atoms with E-state index in [1.54, 1.807) is 0 Å². The molecule has 7 aromatic carbocycles. The summed E-state index contributed by atoms with van der Waals surface area (Å²) in [4.78, 5) is 0. The first-order valence-corrected chi connectivity index (χ1v) is 16.3. The second-order valence-corrected chi connectivity index (χ2v) is 12.3. The van der Waals surface area contributed by atoms with Crippen LogP contribution in [0.25, 0.3) is 77.2 Å². The predicted molar refractivity (Wildman–Crippen MR) is 200 cm³/mol. The Bertz CT molecular complexity index is 2960. The maximum atomic E-state index is 9.96. The third-order valence-corrected chi connectivity index (χ3v) is 9.62. The number of fused-ring (bicyclic) bond motifs is 6. The van der Waals surface area contributed by atoms with Crippen molar-refractivity contribution >= 4 is 43.6 Å². The van der Waals surface area contributed by atoms with Gasteiger partial charge in [0.1, 0.15) is 0 Å². The van der Waals surface area contributed by atoms with Gasteiger partial charge in [-0.3, -0.25) is 0 Å². The monoisotopic (exact) mass is 635 g/mol. The quantitative estimate of drug-likeness (QED) is 0.193. The molecule has 0 amide bonds. The topological polar surface area (TPSA) is 81.2 Å². The lowest BCUT2D eigenvalue weighted by molar-refractivity contribution is 1.18. The fourth-order valence-corrected chi connectivity index (χ4v) is 7.40. The minimum atomic E-state index is 0.585. The molecule has 5 nitrogen and oxygen atoms in total. The molecule has 0 saturated carbocycles. The van der Waals surface area contributed by atoms with Crippen molar-refractivity contribution in [3.63, 3.8) is 0 Å². The summed E-state index contributed by atoms with van der Waals surface area (Å²) in [6, 6.07) is 57.9.